The smallest absolute Gasteiger partial charge is 0.265 e. The molecule has 0 aromatic heterocycles. The maximum Gasteiger partial charge on any atom is 0.265 e. The SMILES string of the molecule is Cc1ccccc1OC(C)C(=O)Nc1ccc2ccccc2c1. The van der Waals surface area contributed by atoms with Gasteiger partial charge in [-0.1, -0.05) is 48.5 Å². The molecular formula is C20H19NO2. The average molecular weight is 305 g/mol. The first kappa shape index (κ1) is 15.1. The van der Waals surface area contributed by atoms with Gasteiger partial charge >= 0.3 is 0 Å². The third-order valence-electron chi connectivity index (χ3n) is 3.78. The third kappa shape index (κ3) is 3.51. The van der Waals surface area contributed by atoms with Crippen molar-refractivity contribution in [3.8, 4) is 5.75 Å². The minimum atomic E-state index is -0.567. The molecule has 0 bridgehead atoms. The Bertz CT molecular complexity index is 842. The van der Waals surface area contributed by atoms with Crippen molar-refractivity contribution in [2.24, 2.45) is 0 Å². The Labute approximate surface area is 135 Å². The van der Waals surface area contributed by atoms with Crippen LogP contribution in [-0.2, 0) is 4.79 Å². The van der Waals surface area contributed by atoms with Crippen LogP contribution in [0.4, 0.5) is 5.69 Å². The summed E-state index contributed by atoms with van der Waals surface area (Å²) in [4.78, 5) is 12.3. The van der Waals surface area contributed by atoms with Gasteiger partial charge in [0.15, 0.2) is 6.10 Å². The van der Waals surface area contributed by atoms with Gasteiger partial charge in [0, 0.05) is 5.69 Å². The molecule has 0 spiro atoms. The van der Waals surface area contributed by atoms with E-state index in [4.69, 9.17) is 4.74 Å². The number of carbonyl (C=O) groups is 1. The van der Waals surface area contributed by atoms with E-state index in [1.807, 2.05) is 73.7 Å². The quantitative estimate of drug-likeness (QED) is 0.767. The normalized spacial score (nSPS) is 11.9. The molecule has 0 saturated carbocycles. The summed E-state index contributed by atoms with van der Waals surface area (Å²) in [6.45, 7) is 3.71. The van der Waals surface area contributed by atoms with Gasteiger partial charge < -0.3 is 10.1 Å². The van der Waals surface area contributed by atoms with Gasteiger partial charge in [-0.05, 0) is 48.4 Å². The number of para-hydroxylation sites is 1. The molecule has 3 rings (SSSR count). The molecule has 3 aromatic carbocycles. The number of hydrogen-bond donors (Lipinski definition) is 1. The first-order valence-corrected chi connectivity index (χ1v) is 7.65. The molecule has 1 amide bonds. The van der Waals surface area contributed by atoms with Gasteiger partial charge in [0.2, 0.25) is 0 Å². The molecule has 1 atom stereocenters. The first-order valence-electron chi connectivity index (χ1n) is 7.65. The summed E-state index contributed by atoms with van der Waals surface area (Å²) < 4.78 is 5.75. The van der Waals surface area contributed by atoms with Gasteiger partial charge in [-0.3, -0.25) is 4.79 Å². The van der Waals surface area contributed by atoms with Gasteiger partial charge in [-0.2, -0.15) is 0 Å². The van der Waals surface area contributed by atoms with E-state index in [1.54, 1.807) is 6.92 Å². The molecule has 0 aliphatic rings. The lowest BCUT2D eigenvalue weighted by molar-refractivity contribution is -0.122. The number of aryl methyl sites for hydroxylation is 1. The minimum Gasteiger partial charge on any atom is -0.481 e. The number of amides is 1. The summed E-state index contributed by atoms with van der Waals surface area (Å²) in [6, 6.07) is 21.6. The standard InChI is InChI=1S/C20H19NO2/c1-14-7-3-6-10-19(14)23-15(2)20(22)21-18-12-11-16-8-4-5-9-17(16)13-18/h3-13,15H,1-2H3,(H,21,22). The molecule has 23 heavy (non-hydrogen) atoms. The summed E-state index contributed by atoms with van der Waals surface area (Å²) in [5.41, 5.74) is 1.78. The fraction of sp³-hybridized carbons (Fsp3) is 0.150. The fourth-order valence-corrected chi connectivity index (χ4v) is 2.44. The Morgan fingerprint density at radius 1 is 0.957 bits per heavy atom. The van der Waals surface area contributed by atoms with Crippen LogP contribution in [0.15, 0.2) is 66.7 Å². The lowest BCUT2D eigenvalue weighted by Gasteiger charge is -2.16. The molecular weight excluding hydrogens is 286 g/mol. The van der Waals surface area contributed by atoms with Crippen LogP contribution in [0.2, 0.25) is 0 Å². The van der Waals surface area contributed by atoms with Crippen molar-refractivity contribution in [3.63, 3.8) is 0 Å². The van der Waals surface area contributed by atoms with Crippen molar-refractivity contribution in [2.45, 2.75) is 20.0 Å². The molecule has 0 aliphatic carbocycles. The van der Waals surface area contributed by atoms with E-state index in [1.165, 1.54) is 0 Å². The predicted octanol–water partition coefficient (Wildman–Crippen LogP) is 4.55. The largest absolute Gasteiger partial charge is 0.481 e. The number of ether oxygens (including phenoxy) is 1. The molecule has 0 saturated heterocycles. The summed E-state index contributed by atoms with van der Waals surface area (Å²) in [7, 11) is 0. The highest BCUT2D eigenvalue weighted by Crippen LogP contribution is 2.20. The zero-order valence-corrected chi connectivity index (χ0v) is 13.2. The number of carbonyl (C=O) groups excluding carboxylic acids is 1. The van der Waals surface area contributed by atoms with Gasteiger partial charge in [0.1, 0.15) is 5.75 Å². The number of rotatable bonds is 4. The Hall–Kier alpha value is -2.81. The van der Waals surface area contributed by atoms with Crippen LogP contribution in [0, 0.1) is 6.92 Å². The molecule has 0 aliphatic heterocycles. The molecule has 3 aromatic rings. The second-order valence-corrected chi connectivity index (χ2v) is 5.58. The van der Waals surface area contributed by atoms with Crippen molar-refractivity contribution in [3.05, 3.63) is 72.3 Å². The third-order valence-corrected chi connectivity index (χ3v) is 3.78. The zero-order chi connectivity index (χ0) is 16.2. The molecule has 3 nitrogen and oxygen atoms in total. The van der Waals surface area contributed by atoms with Crippen molar-refractivity contribution >= 4 is 22.4 Å². The van der Waals surface area contributed by atoms with Crippen LogP contribution in [-0.4, -0.2) is 12.0 Å². The number of anilines is 1. The molecule has 1 N–H and O–H groups in total. The van der Waals surface area contributed by atoms with Crippen LogP contribution in [0.1, 0.15) is 12.5 Å². The Kier molecular flexibility index (Phi) is 4.29. The predicted molar refractivity (Wildman–Crippen MR) is 93.8 cm³/mol. The molecule has 116 valence electrons. The highest BCUT2D eigenvalue weighted by molar-refractivity contribution is 5.96. The molecule has 0 fully saturated rings. The molecule has 0 heterocycles. The first-order chi connectivity index (χ1) is 11.1. The second-order valence-electron chi connectivity index (χ2n) is 5.58. The lowest BCUT2D eigenvalue weighted by Crippen LogP contribution is -2.30. The van der Waals surface area contributed by atoms with Crippen molar-refractivity contribution in [1.82, 2.24) is 0 Å². The van der Waals surface area contributed by atoms with Crippen LogP contribution in [0.5, 0.6) is 5.75 Å². The van der Waals surface area contributed by atoms with E-state index in [-0.39, 0.29) is 5.91 Å². The van der Waals surface area contributed by atoms with E-state index in [0.29, 0.717) is 0 Å². The summed E-state index contributed by atoms with van der Waals surface area (Å²) >= 11 is 0. The Balaban J connectivity index is 1.71. The monoisotopic (exact) mass is 305 g/mol. The van der Waals surface area contributed by atoms with E-state index < -0.39 is 6.10 Å². The van der Waals surface area contributed by atoms with Crippen LogP contribution < -0.4 is 10.1 Å². The van der Waals surface area contributed by atoms with Crippen LogP contribution in [0.3, 0.4) is 0 Å². The lowest BCUT2D eigenvalue weighted by atomic mass is 10.1. The Morgan fingerprint density at radius 3 is 2.43 bits per heavy atom. The van der Waals surface area contributed by atoms with Crippen molar-refractivity contribution in [2.75, 3.05) is 5.32 Å². The van der Waals surface area contributed by atoms with Crippen molar-refractivity contribution < 1.29 is 9.53 Å². The zero-order valence-electron chi connectivity index (χ0n) is 13.2. The van der Waals surface area contributed by atoms with E-state index in [9.17, 15) is 4.79 Å². The van der Waals surface area contributed by atoms with Gasteiger partial charge in [-0.25, -0.2) is 0 Å². The number of hydrogen-bond acceptors (Lipinski definition) is 2. The van der Waals surface area contributed by atoms with Gasteiger partial charge in [0.05, 0.1) is 0 Å². The van der Waals surface area contributed by atoms with E-state index in [2.05, 4.69) is 5.32 Å². The maximum atomic E-state index is 12.3. The number of fused-ring (bicyclic) bond motifs is 1. The highest BCUT2D eigenvalue weighted by atomic mass is 16.5. The second kappa shape index (κ2) is 6.53. The highest BCUT2D eigenvalue weighted by Gasteiger charge is 2.15. The summed E-state index contributed by atoms with van der Waals surface area (Å²) in [5, 5.41) is 5.15. The van der Waals surface area contributed by atoms with Crippen LogP contribution in [0.25, 0.3) is 10.8 Å². The van der Waals surface area contributed by atoms with Gasteiger partial charge in [-0.15, -0.1) is 0 Å². The number of benzene rings is 3. The number of nitrogens with one attached hydrogen (secondary N) is 1. The van der Waals surface area contributed by atoms with Crippen LogP contribution >= 0.6 is 0 Å². The van der Waals surface area contributed by atoms with E-state index >= 15 is 0 Å². The van der Waals surface area contributed by atoms with Crippen molar-refractivity contribution in [1.29, 1.82) is 0 Å². The van der Waals surface area contributed by atoms with Gasteiger partial charge in [0.25, 0.3) is 5.91 Å². The fourth-order valence-electron chi connectivity index (χ4n) is 2.44. The Morgan fingerprint density at radius 2 is 1.65 bits per heavy atom. The maximum absolute atomic E-state index is 12.3. The minimum absolute atomic E-state index is 0.163. The topological polar surface area (TPSA) is 38.3 Å². The van der Waals surface area contributed by atoms with E-state index in [0.717, 1.165) is 27.8 Å². The average Bonchev–Trinajstić information content (AvgIpc) is 2.56. The molecule has 0 radical (unpaired) electrons. The summed E-state index contributed by atoms with van der Waals surface area (Å²) in [6.07, 6.45) is -0.567. The molecule has 1 unspecified atom stereocenters. The molecule has 3 heteroatoms. The summed E-state index contributed by atoms with van der Waals surface area (Å²) in [5.74, 6) is 0.567.